The Hall–Kier alpha value is -0.620. The van der Waals surface area contributed by atoms with Gasteiger partial charge in [-0.1, -0.05) is 6.07 Å². The molecule has 0 spiro atoms. The molecule has 0 aromatic heterocycles. The number of hydrogen-bond donors (Lipinski definition) is 1. The number of aliphatic hydroxyl groups excluding tert-OH is 1. The van der Waals surface area contributed by atoms with E-state index in [9.17, 15) is 4.79 Å². The number of hydrogen-bond acceptors (Lipinski definition) is 3. The van der Waals surface area contributed by atoms with Crippen molar-refractivity contribution in [2.24, 2.45) is 0 Å². The highest BCUT2D eigenvalue weighted by molar-refractivity contribution is 14.1. The molecule has 0 amide bonds. The lowest BCUT2D eigenvalue weighted by molar-refractivity contribution is 0.0600. The van der Waals surface area contributed by atoms with Crippen LogP contribution in [0.3, 0.4) is 0 Å². The predicted octanol–water partition coefficient (Wildman–Crippen LogP) is 1.57. The van der Waals surface area contributed by atoms with Crippen molar-refractivity contribution in [1.29, 1.82) is 0 Å². The molecular formula is C9H9IO3. The molecule has 4 heteroatoms. The van der Waals surface area contributed by atoms with E-state index in [-0.39, 0.29) is 0 Å². The minimum Gasteiger partial charge on any atom is -0.465 e. The van der Waals surface area contributed by atoms with Crippen LogP contribution in [-0.4, -0.2) is 18.2 Å². The Balaban J connectivity index is 3.06. The standard InChI is InChI=1S/C9H9IO3/c1-13-9(12)6-2-3-7(5-11)8(10)4-6/h2-4,11H,5H2,1H3/i5D. The Bertz CT molecular complexity index is 352. The maximum atomic E-state index is 11.1. The average Bonchev–Trinajstić information content (AvgIpc) is 2.15. The van der Waals surface area contributed by atoms with E-state index < -0.39 is 12.6 Å². The molecule has 0 fully saturated rings. The number of ether oxygens (including phenoxy) is 1. The molecule has 0 aliphatic carbocycles. The third-order valence-electron chi connectivity index (χ3n) is 1.56. The van der Waals surface area contributed by atoms with Gasteiger partial charge in [-0.05, 0) is 40.3 Å². The first-order valence-corrected chi connectivity index (χ1v) is 4.62. The van der Waals surface area contributed by atoms with E-state index in [0.29, 0.717) is 14.7 Å². The molecule has 1 rings (SSSR count). The number of carbonyl (C=O) groups excluding carboxylic acids is 1. The third kappa shape index (κ3) is 2.41. The molecule has 0 heterocycles. The number of carbonyl (C=O) groups is 1. The van der Waals surface area contributed by atoms with Crippen molar-refractivity contribution in [2.45, 2.75) is 6.58 Å². The van der Waals surface area contributed by atoms with Crippen molar-refractivity contribution in [3.8, 4) is 0 Å². The first-order chi connectivity index (χ1) is 6.56. The molecule has 1 aromatic carbocycles. The SMILES string of the molecule is [2H]C(O)c1ccc(C(=O)OC)cc1I. The quantitative estimate of drug-likeness (QED) is 0.665. The van der Waals surface area contributed by atoms with Crippen LogP contribution in [0.15, 0.2) is 18.2 Å². The predicted molar refractivity (Wildman–Crippen MR) is 56.4 cm³/mol. The summed E-state index contributed by atoms with van der Waals surface area (Å²) in [6, 6.07) is 4.66. The highest BCUT2D eigenvalue weighted by Crippen LogP contribution is 2.15. The molecule has 0 bridgehead atoms. The molecule has 3 nitrogen and oxygen atoms in total. The zero-order valence-corrected chi connectivity index (χ0v) is 9.11. The topological polar surface area (TPSA) is 46.5 Å². The van der Waals surface area contributed by atoms with Crippen molar-refractivity contribution >= 4 is 28.6 Å². The van der Waals surface area contributed by atoms with Gasteiger partial charge >= 0.3 is 5.97 Å². The van der Waals surface area contributed by atoms with Crippen LogP contribution in [0.25, 0.3) is 0 Å². The zero-order chi connectivity index (χ0) is 10.7. The van der Waals surface area contributed by atoms with Crippen LogP contribution < -0.4 is 0 Å². The summed E-state index contributed by atoms with van der Waals surface area (Å²) >= 11 is 1.96. The molecule has 0 saturated carbocycles. The smallest absolute Gasteiger partial charge is 0.337 e. The summed E-state index contributed by atoms with van der Waals surface area (Å²) in [4.78, 5) is 11.1. The molecule has 0 aliphatic heterocycles. The molecule has 1 unspecified atom stereocenters. The summed E-state index contributed by atoms with van der Waals surface area (Å²) < 4.78 is 12.3. The molecule has 1 aromatic rings. The van der Waals surface area contributed by atoms with Crippen LogP contribution >= 0.6 is 22.6 Å². The number of halogens is 1. The Morgan fingerprint density at radius 2 is 2.46 bits per heavy atom. The van der Waals surface area contributed by atoms with Gasteiger partial charge in [0.15, 0.2) is 0 Å². The van der Waals surface area contributed by atoms with E-state index in [2.05, 4.69) is 4.74 Å². The Kier molecular flexibility index (Phi) is 3.15. The number of aliphatic hydroxyl groups is 1. The Morgan fingerprint density at radius 3 is 2.92 bits per heavy atom. The molecule has 70 valence electrons. The molecule has 0 radical (unpaired) electrons. The van der Waals surface area contributed by atoms with Crippen LogP contribution in [-0.2, 0) is 11.3 Å². The summed E-state index contributed by atoms with van der Waals surface area (Å²) in [5, 5.41) is 9.04. The Labute approximate surface area is 91.3 Å². The summed E-state index contributed by atoms with van der Waals surface area (Å²) in [5.74, 6) is -0.422. The molecule has 1 atom stereocenters. The average molecular weight is 293 g/mol. The van der Waals surface area contributed by atoms with Gasteiger partial charge in [0, 0.05) is 3.57 Å². The summed E-state index contributed by atoms with van der Waals surface area (Å²) in [5.41, 5.74) is 0.902. The Morgan fingerprint density at radius 1 is 1.77 bits per heavy atom. The summed E-state index contributed by atoms with van der Waals surface area (Å²) in [7, 11) is 1.31. The highest BCUT2D eigenvalue weighted by atomic mass is 127. The minimum absolute atomic E-state index is 0.418. The van der Waals surface area contributed by atoms with Gasteiger partial charge in [0.25, 0.3) is 0 Å². The van der Waals surface area contributed by atoms with E-state index in [1.54, 1.807) is 12.1 Å². The fourth-order valence-electron chi connectivity index (χ4n) is 0.877. The summed E-state index contributed by atoms with van der Waals surface area (Å²) in [6.45, 7) is -1.27. The normalized spacial score (nSPS) is 13.3. The summed E-state index contributed by atoms with van der Waals surface area (Å²) in [6.07, 6.45) is 0. The molecule has 0 saturated heterocycles. The second kappa shape index (κ2) is 4.57. The van der Waals surface area contributed by atoms with Gasteiger partial charge in [0.2, 0.25) is 0 Å². The lowest BCUT2D eigenvalue weighted by Gasteiger charge is -2.03. The minimum atomic E-state index is -1.27. The molecular weight excluding hydrogens is 283 g/mol. The first kappa shape index (κ1) is 8.96. The maximum Gasteiger partial charge on any atom is 0.337 e. The van der Waals surface area contributed by atoms with E-state index in [1.807, 2.05) is 22.6 Å². The largest absolute Gasteiger partial charge is 0.465 e. The second-order valence-electron chi connectivity index (χ2n) is 2.36. The van der Waals surface area contributed by atoms with Crippen molar-refractivity contribution in [1.82, 2.24) is 0 Å². The third-order valence-corrected chi connectivity index (χ3v) is 2.49. The van der Waals surface area contributed by atoms with E-state index in [0.717, 1.165) is 0 Å². The van der Waals surface area contributed by atoms with E-state index in [4.69, 9.17) is 6.48 Å². The monoisotopic (exact) mass is 293 g/mol. The number of rotatable bonds is 2. The lowest BCUT2D eigenvalue weighted by atomic mass is 10.1. The fraction of sp³-hybridized carbons (Fsp3) is 0.222. The van der Waals surface area contributed by atoms with Gasteiger partial charge in [0.05, 0.1) is 20.6 Å². The van der Waals surface area contributed by atoms with Crippen molar-refractivity contribution in [3.63, 3.8) is 0 Å². The number of benzene rings is 1. The van der Waals surface area contributed by atoms with Gasteiger partial charge in [-0.3, -0.25) is 0 Å². The molecule has 1 N–H and O–H groups in total. The second-order valence-corrected chi connectivity index (χ2v) is 3.52. The van der Waals surface area contributed by atoms with Crippen molar-refractivity contribution in [2.75, 3.05) is 7.11 Å². The van der Waals surface area contributed by atoms with Crippen molar-refractivity contribution < 1.29 is 16.0 Å². The maximum absolute atomic E-state index is 11.1. The van der Waals surface area contributed by atoms with Crippen LogP contribution in [0, 0.1) is 3.57 Å². The van der Waals surface area contributed by atoms with E-state index in [1.165, 1.54) is 13.2 Å². The van der Waals surface area contributed by atoms with Crippen LogP contribution in [0.1, 0.15) is 17.3 Å². The van der Waals surface area contributed by atoms with E-state index >= 15 is 0 Å². The fourth-order valence-corrected chi connectivity index (χ4v) is 1.53. The molecule has 13 heavy (non-hydrogen) atoms. The molecule has 0 aliphatic rings. The van der Waals surface area contributed by atoms with Gasteiger partial charge < -0.3 is 9.84 Å². The van der Waals surface area contributed by atoms with Crippen LogP contribution in [0.5, 0.6) is 0 Å². The van der Waals surface area contributed by atoms with Crippen LogP contribution in [0.4, 0.5) is 0 Å². The van der Waals surface area contributed by atoms with Gasteiger partial charge in [-0.2, -0.15) is 0 Å². The van der Waals surface area contributed by atoms with Crippen molar-refractivity contribution in [3.05, 3.63) is 32.9 Å². The van der Waals surface area contributed by atoms with Gasteiger partial charge in [-0.25, -0.2) is 4.79 Å². The number of methoxy groups -OCH3 is 1. The zero-order valence-electron chi connectivity index (χ0n) is 7.95. The lowest BCUT2D eigenvalue weighted by Crippen LogP contribution is -2.02. The van der Waals surface area contributed by atoms with Gasteiger partial charge in [-0.15, -0.1) is 0 Å². The van der Waals surface area contributed by atoms with Crippen LogP contribution in [0.2, 0.25) is 0 Å². The highest BCUT2D eigenvalue weighted by Gasteiger charge is 2.07. The first-order valence-electron chi connectivity index (χ1n) is 4.12. The van der Waals surface area contributed by atoms with Gasteiger partial charge in [0.1, 0.15) is 0 Å². The number of esters is 1.